The Morgan fingerprint density at radius 2 is 2.25 bits per heavy atom. The van der Waals surface area contributed by atoms with Gasteiger partial charge in [0.25, 0.3) is 0 Å². The van der Waals surface area contributed by atoms with E-state index in [9.17, 15) is 18.0 Å². The van der Waals surface area contributed by atoms with Gasteiger partial charge in [-0.05, 0) is 0 Å². The second kappa shape index (κ2) is 3.51. The van der Waals surface area contributed by atoms with E-state index in [-0.39, 0.29) is 6.67 Å². The molecule has 2 rings (SSSR count). The number of aliphatic imine (C=N–C) groups is 1. The maximum absolute atomic E-state index is 11.9. The molecule has 0 saturated carbocycles. The topological polar surface area (TPSA) is 57.5 Å². The summed E-state index contributed by atoms with van der Waals surface area (Å²) in [6.07, 6.45) is -0.761. The SMILES string of the molecule is O=C(ON1CN2C=CN=CC2=N1)C(F)(F)F. The van der Waals surface area contributed by atoms with Crippen molar-refractivity contribution in [3.63, 3.8) is 0 Å². The number of hydrogen-bond acceptors (Lipinski definition) is 6. The van der Waals surface area contributed by atoms with Crippen LogP contribution in [-0.4, -0.2) is 40.9 Å². The number of nitrogens with zero attached hydrogens (tertiary/aromatic N) is 4. The first-order chi connectivity index (χ1) is 7.47. The second-order valence-corrected chi connectivity index (χ2v) is 2.87. The normalized spacial score (nSPS) is 18.6. The summed E-state index contributed by atoms with van der Waals surface area (Å²) in [5, 5.41) is 4.14. The van der Waals surface area contributed by atoms with E-state index in [1.807, 2.05) is 0 Å². The Labute approximate surface area is 87.2 Å². The molecule has 0 bridgehead atoms. The largest absolute Gasteiger partial charge is 0.493 e. The van der Waals surface area contributed by atoms with Gasteiger partial charge in [-0.2, -0.15) is 13.2 Å². The lowest BCUT2D eigenvalue weighted by atomic mass is 10.5. The molecule has 0 aromatic heterocycles. The van der Waals surface area contributed by atoms with Gasteiger partial charge >= 0.3 is 12.1 Å². The van der Waals surface area contributed by atoms with Crippen molar-refractivity contribution in [1.82, 2.24) is 10.1 Å². The van der Waals surface area contributed by atoms with Crippen LogP contribution in [0.25, 0.3) is 0 Å². The van der Waals surface area contributed by atoms with Crippen LogP contribution >= 0.6 is 0 Å². The highest BCUT2D eigenvalue weighted by Crippen LogP contribution is 2.19. The van der Waals surface area contributed by atoms with Gasteiger partial charge in [-0.3, -0.25) is 4.99 Å². The lowest BCUT2D eigenvalue weighted by Gasteiger charge is -2.16. The van der Waals surface area contributed by atoms with Crippen molar-refractivity contribution in [2.75, 3.05) is 6.67 Å². The molecular weight excluding hydrogens is 229 g/mol. The van der Waals surface area contributed by atoms with Crippen LogP contribution in [0.3, 0.4) is 0 Å². The van der Waals surface area contributed by atoms with Crippen LogP contribution in [0.4, 0.5) is 13.2 Å². The van der Waals surface area contributed by atoms with E-state index in [4.69, 9.17) is 0 Å². The molecule has 0 atom stereocenters. The maximum atomic E-state index is 11.9. The van der Waals surface area contributed by atoms with E-state index in [2.05, 4.69) is 14.9 Å². The van der Waals surface area contributed by atoms with Gasteiger partial charge in [0.15, 0.2) is 12.5 Å². The van der Waals surface area contributed by atoms with Gasteiger partial charge in [0.1, 0.15) is 0 Å². The van der Waals surface area contributed by atoms with Crippen molar-refractivity contribution >= 4 is 18.0 Å². The van der Waals surface area contributed by atoms with Gasteiger partial charge in [0.05, 0.1) is 6.21 Å². The molecule has 0 amide bonds. The average molecular weight is 234 g/mol. The van der Waals surface area contributed by atoms with E-state index in [0.29, 0.717) is 11.0 Å². The fourth-order valence-electron chi connectivity index (χ4n) is 1.06. The highest BCUT2D eigenvalue weighted by atomic mass is 19.4. The van der Waals surface area contributed by atoms with Gasteiger partial charge in [-0.1, -0.05) is 0 Å². The van der Waals surface area contributed by atoms with Crippen LogP contribution in [0.15, 0.2) is 22.5 Å². The first-order valence-corrected chi connectivity index (χ1v) is 4.08. The molecule has 2 aliphatic heterocycles. The molecular formula is C7H5F3N4O2. The van der Waals surface area contributed by atoms with Crippen molar-refractivity contribution < 1.29 is 22.8 Å². The number of alkyl halides is 3. The van der Waals surface area contributed by atoms with Crippen LogP contribution in [0.5, 0.6) is 0 Å². The third-order valence-electron chi connectivity index (χ3n) is 1.72. The number of fused-ring (bicyclic) bond motifs is 1. The quantitative estimate of drug-likeness (QED) is 0.661. The summed E-state index contributed by atoms with van der Waals surface area (Å²) in [6.45, 7) is -0.0975. The zero-order valence-corrected chi connectivity index (χ0v) is 7.68. The van der Waals surface area contributed by atoms with Gasteiger partial charge in [0, 0.05) is 12.4 Å². The van der Waals surface area contributed by atoms with E-state index < -0.39 is 12.1 Å². The van der Waals surface area contributed by atoms with Gasteiger partial charge < -0.3 is 9.74 Å². The lowest BCUT2D eigenvalue weighted by molar-refractivity contribution is -0.239. The zero-order valence-electron chi connectivity index (χ0n) is 7.68. The van der Waals surface area contributed by atoms with Gasteiger partial charge in [0.2, 0.25) is 0 Å². The molecule has 0 spiro atoms. The van der Waals surface area contributed by atoms with Crippen molar-refractivity contribution in [2.24, 2.45) is 10.1 Å². The fourth-order valence-corrected chi connectivity index (χ4v) is 1.06. The minimum absolute atomic E-state index is 0.0975. The summed E-state index contributed by atoms with van der Waals surface area (Å²) >= 11 is 0. The van der Waals surface area contributed by atoms with Crippen LogP contribution in [0.2, 0.25) is 0 Å². The summed E-state index contributed by atoms with van der Waals surface area (Å²) in [4.78, 5) is 19.7. The van der Waals surface area contributed by atoms with Crippen LogP contribution in [0, 0.1) is 0 Å². The summed E-state index contributed by atoms with van der Waals surface area (Å²) in [6, 6.07) is 0. The molecule has 0 aromatic carbocycles. The van der Waals surface area contributed by atoms with Gasteiger partial charge in [-0.15, -0.1) is 10.3 Å². The Morgan fingerprint density at radius 3 is 2.88 bits per heavy atom. The Balaban J connectivity index is 2.00. The first-order valence-electron chi connectivity index (χ1n) is 4.08. The number of halogens is 3. The van der Waals surface area contributed by atoms with Crippen LogP contribution in [-0.2, 0) is 9.63 Å². The van der Waals surface area contributed by atoms with Crippen molar-refractivity contribution in [3.8, 4) is 0 Å². The monoisotopic (exact) mass is 234 g/mol. The highest BCUT2D eigenvalue weighted by molar-refractivity contribution is 6.30. The first kappa shape index (κ1) is 10.5. The molecule has 0 radical (unpaired) electrons. The van der Waals surface area contributed by atoms with E-state index in [0.717, 1.165) is 0 Å². The molecule has 0 saturated heterocycles. The minimum atomic E-state index is -5.03. The predicted octanol–water partition coefficient (Wildman–Crippen LogP) is 0.451. The second-order valence-electron chi connectivity index (χ2n) is 2.87. The predicted molar refractivity (Wildman–Crippen MR) is 45.8 cm³/mol. The number of hydroxylamine groups is 1. The maximum Gasteiger partial charge on any atom is 0.493 e. The van der Waals surface area contributed by atoms with E-state index in [1.165, 1.54) is 23.5 Å². The molecule has 0 aromatic rings. The van der Waals surface area contributed by atoms with Crippen molar-refractivity contribution in [2.45, 2.75) is 6.18 Å². The summed E-state index contributed by atoms with van der Waals surface area (Å²) < 4.78 is 35.6. The van der Waals surface area contributed by atoms with Gasteiger partial charge in [-0.25, -0.2) is 4.79 Å². The lowest BCUT2D eigenvalue weighted by Crippen LogP contribution is -2.34. The molecule has 0 fully saturated rings. The molecule has 2 heterocycles. The molecule has 2 aliphatic rings. The standard InChI is InChI=1S/C7H5F3N4O2/c8-7(9,10)6(15)16-14-4-13-2-1-11-3-5(13)12-14/h1-3H,4H2. The van der Waals surface area contributed by atoms with E-state index in [1.54, 1.807) is 0 Å². The zero-order chi connectivity index (χ0) is 11.8. The minimum Gasteiger partial charge on any atom is -0.313 e. The Morgan fingerprint density at radius 1 is 1.50 bits per heavy atom. The molecule has 86 valence electrons. The number of carbonyl (C=O) groups is 1. The average Bonchev–Trinajstić information content (AvgIpc) is 2.58. The highest BCUT2D eigenvalue weighted by Gasteiger charge is 2.43. The van der Waals surface area contributed by atoms with Crippen molar-refractivity contribution in [1.29, 1.82) is 0 Å². The number of hydrazone groups is 1. The summed E-state index contributed by atoms with van der Waals surface area (Å²) in [5.41, 5.74) is 0. The number of hydrogen-bond donors (Lipinski definition) is 0. The smallest absolute Gasteiger partial charge is 0.313 e. The Hall–Kier alpha value is -2.06. The van der Waals surface area contributed by atoms with Crippen LogP contribution < -0.4 is 0 Å². The third kappa shape index (κ3) is 1.97. The molecule has 16 heavy (non-hydrogen) atoms. The molecule has 6 nitrogen and oxygen atoms in total. The molecule has 0 N–H and O–H groups in total. The fraction of sp³-hybridized carbons (Fsp3) is 0.286. The number of carbonyl (C=O) groups excluding carboxylic acids is 1. The number of rotatable bonds is 1. The summed E-state index contributed by atoms with van der Waals surface area (Å²) in [5.74, 6) is -2.00. The van der Waals surface area contributed by atoms with E-state index >= 15 is 0 Å². The molecule has 0 unspecified atom stereocenters. The third-order valence-corrected chi connectivity index (χ3v) is 1.72. The van der Waals surface area contributed by atoms with Crippen LogP contribution in [0.1, 0.15) is 0 Å². The summed E-state index contributed by atoms with van der Waals surface area (Å²) in [7, 11) is 0. The Kier molecular flexibility index (Phi) is 2.29. The molecule has 0 aliphatic carbocycles. The molecule has 9 heteroatoms. The Bertz CT molecular complexity index is 401. The number of amidine groups is 1. The van der Waals surface area contributed by atoms with Crippen molar-refractivity contribution in [3.05, 3.63) is 12.4 Å².